The van der Waals surface area contributed by atoms with E-state index >= 15 is 0 Å². The molecule has 0 spiro atoms. The molecule has 1 atom stereocenters. The summed E-state index contributed by atoms with van der Waals surface area (Å²) in [7, 11) is 0. The molecule has 0 radical (unpaired) electrons. The second kappa shape index (κ2) is 8.32. The van der Waals surface area contributed by atoms with Gasteiger partial charge in [-0.05, 0) is 58.4 Å². The zero-order valence-electron chi connectivity index (χ0n) is 11.8. The third kappa shape index (κ3) is 5.89. The lowest BCUT2D eigenvalue weighted by Gasteiger charge is -2.14. The second-order valence-corrected chi connectivity index (χ2v) is 4.55. The van der Waals surface area contributed by atoms with Crippen LogP contribution in [0.3, 0.4) is 0 Å². The first-order chi connectivity index (χ1) is 7.52. The molecule has 0 heterocycles. The van der Waals surface area contributed by atoms with Crippen molar-refractivity contribution >= 4 is 6.21 Å². The summed E-state index contributed by atoms with van der Waals surface area (Å²) in [6, 6.07) is 0. The maximum atomic E-state index is 4.35. The molecule has 0 aromatic rings. The summed E-state index contributed by atoms with van der Waals surface area (Å²) in [5, 5.41) is 0. The lowest BCUT2D eigenvalue weighted by atomic mass is 9.94. The zero-order chi connectivity index (χ0) is 12.6. The van der Waals surface area contributed by atoms with Gasteiger partial charge in [0.2, 0.25) is 0 Å². The molecule has 1 nitrogen and oxygen atoms in total. The SMILES string of the molecule is C/C=N\C(C)=C(/C)C(C)CC/C(C)=C\CC. The first-order valence-electron chi connectivity index (χ1n) is 6.34. The van der Waals surface area contributed by atoms with Crippen molar-refractivity contribution in [2.24, 2.45) is 10.9 Å². The van der Waals surface area contributed by atoms with Gasteiger partial charge in [0.15, 0.2) is 0 Å². The van der Waals surface area contributed by atoms with Crippen molar-refractivity contribution < 1.29 is 0 Å². The van der Waals surface area contributed by atoms with Gasteiger partial charge in [-0.25, -0.2) is 0 Å². The molecule has 0 saturated heterocycles. The summed E-state index contributed by atoms with van der Waals surface area (Å²) in [5.41, 5.74) is 4.10. The molecule has 92 valence electrons. The van der Waals surface area contributed by atoms with Crippen LogP contribution in [0.4, 0.5) is 0 Å². The molecule has 0 bridgehead atoms. The summed E-state index contributed by atoms with van der Waals surface area (Å²) in [4.78, 5) is 4.35. The van der Waals surface area contributed by atoms with Gasteiger partial charge in [-0.2, -0.15) is 0 Å². The molecule has 0 fully saturated rings. The van der Waals surface area contributed by atoms with Crippen molar-refractivity contribution in [2.75, 3.05) is 0 Å². The fraction of sp³-hybridized carbons (Fsp3) is 0.667. The monoisotopic (exact) mass is 221 g/mol. The molecule has 16 heavy (non-hydrogen) atoms. The molecular formula is C15H27N. The molecule has 1 unspecified atom stereocenters. The molecule has 0 aromatic heterocycles. The summed E-state index contributed by atoms with van der Waals surface area (Å²) < 4.78 is 0. The first kappa shape index (κ1) is 15.2. The first-order valence-corrected chi connectivity index (χ1v) is 6.34. The van der Waals surface area contributed by atoms with E-state index in [-0.39, 0.29) is 0 Å². The Kier molecular flexibility index (Phi) is 7.88. The minimum atomic E-state index is 0.629. The van der Waals surface area contributed by atoms with Crippen LogP contribution in [0.5, 0.6) is 0 Å². The number of rotatable bonds is 6. The van der Waals surface area contributed by atoms with Gasteiger partial charge in [0.1, 0.15) is 0 Å². The molecule has 0 saturated carbocycles. The third-order valence-electron chi connectivity index (χ3n) is 3.16. The fourth-order valence-electron chi connectivity index (χ4n) is 1.76. The molecule has 0 aromatic carbocycles. The van der Waals surface area contributed by atoms with Crippen LogP contribution in [-0.2, 0) is 0 Å². The molecule has 0 rings (SSSR count). The highest BCUT2D eigenvalue weighted by atomic mass is 14.7. The van der Waals surface area contributed by atoms with Crippen LogP contribution in [-0.4, -0.2) is 6.21 Å². The molecule has 0 amide bonds. The minimum absolute atomic E-state index is 0.629. The van der Waals surface area contributed by atoms with Crippen LogP contribution in [0.25, 0.3) is 0 Å². The summed E-state index contributed by atoms with van der Waals surface area (Å²) in [6.45, 7) is 13.0. The highest BCUT2D eigenvalue weighted by Gasteiger charge is 2.07. The smallest absolute Gasteiger partial charge is 0.0360 e. The fourth-order valence-corrected chi connectivity index (χ4v) is 1.76. The topological polar surface area (TPSA) is 12.4 Å². The standard InChI is InChI=1S/C15H27N/c1-7-9-12(3)10-11-13(4)14(5)15(6)16-8-2/h8-9,13H,7,10-11H2,1-6H3/b12-9-,15-14+,16-8-. The number of hydrogen-bond donors (Lipinski definition) is 0. The van der Waals surface area contributed by atoms with Crippen molar-refractivity contribution in [1.29, 1.82) is 0 Å². The number of nitrogens with zero attached hydrogens (tertiary/aromatic N) is 1. The van der Waals surface area contributed by atoms with Crippen LogP contribution in [0.1, 0.15) is 60.8 Å². The normalized spacial score (nSPS) is 16.5. The predicted molar refractivity (Wildman–Crippen MR) is 75.0 cm³/mol. The molecular weight excluding hydrogens is 194 g/mol. The number of hydrogen-bond acceptors (Lipinski definition) is 1. The van der Waals surface area contributed by atoms with E-state index in [0.717, 1.165) is 6.42 Å². The maximum absolute atomic E-state index is 4.35. The third-order valence-corrected chi connectivity index (χ3v) is 3.16. The lowest BCUT2D eigenvalue weighted by Crippen LogP contribution is -1.99. The molecule has 0 aliphatic heterocycles. The van der Waals surface area contributed by atoms with Crippen LogP contribution < -0.4 is 0 Å². The van der Waals surface area contributed by atoms with Crippen LogP contribution in [0, 0.1) is 5.92 Å². The van der Waals surface area contributed by atoms with E-state index in [1.165, 1.54) is 29.7 Å². The highest BCUT2D eigenvalue weighted by Crippen LogP contribution is 2.22. The summed E-state index contributed by atoms with van der Waals surface area (Å²) in [6.07, 6.45) is 7.77. The second-order valence-electron chi connectivity index (χ2n) is 4.55. The summed E-state index contributed by atoms with van der Waals surface area (Å²) in [5.74, 6) is 0.629. The van der Waals surface area contributed by atoms with E-state index in [4.69, 9.17) is 0 Å². The largest absolute Gasteiger partial charge is 0.266 e. The van der Waals surface area contributed by atoms with Crippen molar-refractivity contribution in [3.05, 3.63) is 22.9 Å². The Bertz CT molecular complexity index is 282. The predicted octanol–water partition coefficient (Wildman–Crippen LogP) is 5.14. The van der Waals surface area contributed by atoms with E-state index in [0.29, 0.717) is 5.92 Å². The molecule has 0 N–H and O–H groups in total. The van der Waals surface area contributed by atoms with E-state index < -0.39 is 0 Å². The summed E-state index contributed by atoms with van der Waals surface area (Å²) >= 11 is 0. The average Bonchev–Trinajstić information content (AvgIpc) is 2.25. The Morgan fingerprint density at radius 2 is 1.88 bits per heavy atom. The average molecular weight is 221 g/mol. The van der Waals surface area contributed by atoms with Gasteiger partial charge in [0.05, 0.1) is 0 Å². The number of aliphatic imine (C=N–C) groups is 1. The molecule has 1 heteroatoms. The Morgan fingerprint density at radius 1 is 1.25 bits per heavy atom. The maximum Gasteiger partial charge on any atom is 0.0360 e. The Hall–Kier alpha value is -0.850. The van der Waals surface area contributed by atoms with Gasteiger partial charge >= 0.3 is 0 Å². The van der Waals surface area contributed by atoms with Gasteiger partial charge < -0.3 is 0 Å². The van der Waals surface area contributed by atoms with Gasteiger partial charge in [0.25, 0.3) is 0 Å². The number of allylic oxidation sites excluding steroid dienone is 4. The van der Waals surface area contributed by atoms with Gasteiger partial charge in [-0.15, -0.1) is 0 Å². The van der Waals surface area contributed by atoms with Crippen LogP contribution in [0.15, 0.2) is 27.9 Å². The highest BCUT2D eigenvalue weighted by molar-refractivity contribution is 5.55. The van der Waals surface area contributed by atoms with E-state index in [9.17, 15) is 0 Å². The van der Waals surface area contributed by atoms with Gasteiger partial charge in [-0.3, -0.25) is 4.99 Å². The molecule has 0 aliphatic carbocycles. The zero-order valence-corrected chi connectivity index (χ0v) is 11.8. The molecule has 0 aliphatic rings. The quantitative estimate of drug-likeness (QED) is 0.435. The Labute approximate surface area is 101 Å². The van der Waals surface area contributed by atoms with E-state index in [1.807, 2.05) is 13.1 Å². The van der Waals surface area contributed by atoms with Gasteiger partial charge in [-0.1, -0.05) is 25.5 Å². The minimum Gasteiger partial charge on any atom is -0.266 e. The Balaban J connectivity index is 4.31. The van der Waals surface area contributed by atoms with Crippen molar-refractivity contribution in [3.8, 4) is 0 Å². The van der Waals surface area contributed by atoms with E-state index in [1.54, 1.807) is 0 Å². The Morgan fingerprint density at radius 3 is 2.38 bits per heavy atom. The van der Waals surface area contributed by atoms with Gasteiger partial charge in [0, 0.05) is 11.9 Å². The van der Waals surface area contributed by atoms with Crippen molar-refractivity contribution in [3.63, 3.8) is 0 Å². The van der Waals surface area contributed by atoms with Crippen LogP contribution in [0.2, 0.25) is 0 Å². The lowest BCUT2D eigenvalue weighted by molar-refractivity contribution is 0.603. The van der Waals surface area contributed by atoms with Crippen molar-refractivity contribution in [1.82, 2.24) is 0 Å². The van der Waals surface area contributed by atoms with E-state index in [2.05, 4.69) is 45.7 Å². The van der Waals surface area contributed by atoms with Crippen LogP contribution >= 0.6 is 0 Å². The van der Waals surface area contributed by atoms with Crippen molar-refractivity contribution in [2.45, 2.75) is 60.8 Å².